The van der Waals surface area contributed by atoms with Gasteiger partial charge >= 0.3 is 0 Å². The highest BCUT2D eigenvalue weighted by Crippen LogP contribution is 2.25. The second kappa shape index (κ2) is 5.53. The molecule has 1 heteroatoms. The molecule has 2 aromatic rings. The predicted octanol–water partition coefficient (Wildman–Crippen LogP) is 4.02. The second-order valence-corrected chi connectivity index (χ2v) is 5.83. The van der Waals surface area contributed by atoms with E-state index >= 15 is 0 Å². The summed E-state index contributed by atoms with van der Waals surface area (Å²) in [6.07, 6.45) is 2.36. The zero-order valence-electron chi connectivity index (χ0n) is 11.7. The quantitative estimate of drug-likeness (QED) is 0.833. The lowest BCUT2D eigenvalue weighted by molar-refractivity contribution is 0.325. The molecule has 0 aliphatic carbocycles. The van der Waals surface area contributed by atoms with E-state index in [2.05, 4.69) is 61.6 Å². The number of hydrogen-bond acceptors (Lipinski definition) is 1. The molecule has 0 fully saturated rings. The van der Waals surface area contributed by atoms with Crippen LogP contribution in [0.1, 0.15) is 25.8 Å². The molecule has 0 aromatic heterocycles. The number of fused-ring (bicyclic) bond motifs is 1. The van der Waals surface area contributed by atoms with Crippen molar-refractivity contribution in [1.82, 2.24) is 5.32 Å². The van der Waals surface area contributed by atoms with E-state index < -0.39 is 0 Å². The second-order valence-electron chi connectivity index (χ2n) is 5.83. The summed E-state index contributed by atoms with van der Waals surface area (Å²) in [7, 11) is 2.03. The molecular weight excluding hydrogens is 218 g/mol. The Kier molecular flexibility index (Phi) is 4.03. The molecule has 2 aromatic carbocycles. The van der Waals surface area contributed by atoms with Gasteiger partial charge in [0, 0.05) is 0 Å². The maximum absolute atomic E-state index is 3.28. The van der Waals surface area contributed by atoms with Crippen LogP contribution in [0.2, 0.25) is 0 Å². The van der Waals surface area contributed by atoms with Crippen LogP contribution in [0, 0.1) is 5.41 Å². The molecule has 0 spiro atoms. The van der Waals surface area contributed by atoms with Gasteiger partial charge in [-0.25, -0.2) is 0 Å². The fourth-order valence-corrected chi connectivity index (χ4v) is 2.55. The van der Waals surface area contributed by atoms with Gasteiger partial charge in [-0.1, -0.05) is 56.3 Å². The lowest BCUT2D eigenvalue weighted by Gasteiger charge is -2.24. The smallest absolute Gasteiger partial charge is 0.0000373 e. The van der Waals surface area contributed by atoms with Crippen LogP contribution in [0.25, 0.3) is 10.8 Å². The van der Waals surface area contributed by atoms with Crippen LogP contribution in [0.5, 0.6) is 0 Å². The Labute approximate surface area is 110 Å². The van der Waals surface area contributed by atoms with E-state index in [0.29, 0.717) is 5.41 Å². The molecule has 0 unspecified atom stereocenters. The lowest BCUT2D eigenvalue weighted by atomic mass is 9.85. The summed E-state index contributed by atoms with van der Waals surface area (Å²) in [4.78, 5) is 0. The largest absolute Gasteiger partial charge is 0.319 e. The highest BCUT2D eigenvalue weighted by molar-refractivity contribution is 5.85. The van der Waals surface area contributed by atoms with Crippen molar-refractivity contribution < 1.29 is 0 Å². The minimum Gasteiger partial charge on any atom is -0.319 e. The highest BCUT2D eigenvalue weighted by atomic mass is 14.8. The van der Waals surface area contributed by atoms with Gasteiger partial charge in [-0.2, -0.15) is 0 Å². The summed E-state index contributed by atoms with van der Waals surface area (Å²) in [6, 6.07) is 15.3. The number of aryl methyl sites for hydroxylation is 1. The summed E-state index contributed by atoms with van der Waals surface area (Å²) >= 11 is 0. The average Bonchev–Trinajstić information content (AvgIpc) is 2.36. The van der Waals surface area contributed by atoms with Crippen LogP contribution in [0.3, 0.4) is 0 Å². The maximum atomic E-state index is 3.28. The fourth-order valence-electron chi connectivity index (χ4n) is 2.55. The van der Waals surface area contributed by atoms with Crippen LogP contribution in [-0.4, -0.2) is 13.6 Å². The SMILES string of the molecule is CNCC(C)(C)CCc1cccc2ccccc12. The van der Waals surface area contributed by atoms with Gasteiger partial charge in [0.05, 0.1) is 0 Å². The fraction of sp³-hybridized carbons (Fsp3) is 0.412. The molecule has 0 aliphatic heterocycles. The third-order valence-electron chi connectivity index (χ3n) is 3.61. The zero-order valence-corrected chi connectivity index (χ0v) is 11.7. The molecule has 2 rings (SSSR count). The van der Waals surface area contributed by atoms with E-state index in [1.165, 1.54) is 22.8 Å². The Hall–Kier alpha value is -1.34. The summed E-state index contributed by atoms with van der Waals surface area (Å²) in [5.41, 5.74) is 1.82. The van der Waals surface area contributed by atoms with Crippen molar-refractivity contribution in [1.29, 1.82) is 0 Å². The Morgan fingerprint density at radius 1 is 1.00 bits per heavy atom. The monoisotopic (exact) mass is 241 g/mol. The number of rotatable bonds is 5. The van der Waals surface area contributed by atoms with Crippen molar-refractivity contribution in [3.63, 3.8) is 0 Å². The van der Waals surface area contributed by atoms with Crippen molar-refractivity contribution in [2.45, 2.75) is 26.7 Å². The van der Waals surface area contributed by atoms with Gasteiger partial charge in [0.25, 0.3) is 0 Å². The Morgan fingerprint density at radius 2 is 1.72 bits per heavy atom. The van der Waals surface area contributed by atoms with Crippen LogP contribution < -0.4 is 5.32 Å². The minimum absolute atomic E-state index is 0.353. The van der Waals surface area contributed by atoms with Gasteiger partial charge in [0.1, 0.15) is 0 Å². The lowest BCUT2D eigenvalue weighted by Crippen LogP contribution is -2.27. The zero-order chi connectivity index (χ0) is 13.0. The molecule has 0 amide bonds. The maximum Gasteiger partial charge on any atom is -0.0000373 e. The standard InChI is InChI=1S/C17H23N/c1-17(2,13-18-3)12-11-15-9-6-8-14-7-4-5-10-16(14)15/h4-10,18H,11-13H2,1-3H3. The average molecular weight is 241 g/mol. The van der Waals surface area contributed by atoms with Gasteiger partial charge < -0.3 is 5.32 Å². The molecule has 0 saturated carbocycles. The van der Waals surface area contributed by atoms with Crippen molar-refractivity contribution in [3.8, 4) is 0 Å². The Bertz CT molecular complexity index is 509. The van der Waals surface area contributed by atoms with Gasteiger partial charge in [0.15, 0.2) is 0 Å². The van der Waals surface area contributed by atoms with E-state index in [1.54, 1.807) is 0 Å². The Balaban J connectivity index is 2.17. The molecular formula is C17H23N. The number of nitrogens with one attached hydrogen (secondary N) is 1. The third-order valence-corrected chi connectivity index (χ3v) is 3.61. The van der Waals surface area contributed by atoms with Gasteiger partial charge in [-0.15, -0.1) is 0 Å². The van der Waals surface area contributed by atoms with E-state index in [-0.39, 0.29) is 0 Å². The molecule has 1 N–H and O–H groups in total. The minimum atomic E-state index is 0.353. The molecule has 1 nitrogen and oxygen atoms in total. The van der Waals surface area contributed by atoms with Crippen molar-refractivity contribution in [3.05, 3.63) is 48.0 Å². The topological polar surface area (TPSA) is 12.0 Å². The number of benzene rings is 2. The van der Waals surface area contributed by atoms with E-state index in [1.807, 2.05) is 7.05 Å². The van der Waals surface area contributed by atoms with Gasteiger partial charge in [-0.3, -0.25) is 0 Å². The first-order valence-corrected chi connectivity index (χ1v) is 6.74. The van der Waals surface area contributed by atoms with Crippen LogP contribution in [0.15, 0.2) is 42.5 Å². The molecule has 0 aliphatic rings. The van der Waals surface area contributed by atoms with Crippen LogP contribution in [-0.2, 0) is 6.42 Å². The normalized spacial score (nSPS) is 11.9. The van der Waals surface area contributed by atoms with E-state index in [9.17, 15) is 0 Å². The molecule has 0 heterocycles. The molecule has 0 bridgehead atoms. The van der Waals surface area contributed by atoms with Crippen LogP contribution in [0.4, 0.5) is 0 Å². The van der Waals surface area contributed by atoms with E-state index in [4.69, 9.17) is 0 Å². The molecule has 18 heavy (non-hydrogen) atoms. The van der Waals surface area contributed by atoms with Crippen molar-refractivity contribution in [2.24, 2.45) is 5.41 Å². The third kappa shape index (κ3) is 3.11. The van der Waals surface area contributed by atoms with E-state index in [0.717, 1.165) is 13.0 Å². The van der Waals surface area contributed by atoms with Gasteiger partial charge in [-0.05, 0) is 48.2 Å². The predicted molar refractivity (Wildman–Crippen MR) is 80.0 cm³/mol. The summed E-state index contributed by atoms with van der Waals surface area (Å²) < 4.78 is 0. The number of hydrogen-bond donors (Lipinski definition) is 1. The molecule has 0 saturated heterocycles. The van der Waals surface area contributed by atoms with Crippen molar-refractivity contribution >= 4 is 10.8 Å². The highest BCUT2D eigenvalue weighted by Gasteiger charge is 2.16. The summed E-state index contributed by atoms with van der Waals surface area (Å²) in [6.45, 7) is 5.72. The molecule has 0 atom stereocenters. The molecule has 0 radical (unpaired) electrons. The molecule has 96 valence electrons. The summed E-state index contributed by atoms with van der Waals surface area (Å²) in [5.74, 6) is 0. The van der Waals surface area contributed by atoms with Crippen LogP contribution >= 0.6 is 0 Å². The summed E-state index contributed by atoms with van der Waals surface area (Å²) in [5, 5.41) is 6.03. The van der Waals surface area contributed by atoms with Crippen molar-refractivity contribution in [2.75, 3.05) is 13.6 Å². The first-order chi connectivity index (χ1) is 8.62. The van der Waals surface area contributed by atoms with Gasteiger partial charge in [0.2, 0.25) is 0 Å². The Morgan fingerprint density at radius 3 is 2.50 bits per heavy atom. The first kappa shape index (κ1) is 13.1. The first-order valence-electron chi connectivity index (χ1n) is 6.74.